The molecule has 1 aromatic rings. The van der Waals surface area contributed by atoms with Gasteiger partial charge in [0.1, 0.15) is 16.4 Å². The SMILES string of the molecule is Cc1oc(C)c(S(=O)(=O)N2[C@H](C)CCC[C@@H]2C)c1CO. The Morgan fingerprint density at radius 1 is 1.20 bits per heavy atom. The number of furan rings is 1. The lowest BCUT2D eigenvalue weighted by molar-refractivity contribution is 0.203. The van der Waals surface area contributed by atoms with E-state index in [-0.39, 0.29) is 23.6 Å². The lowest BCUT2D eigenvalue weighted by Gasteiger charge is -2.37. The molecule has 0 aliphatic carbocycles. The van der Waals surface area contributed by atoms with Gasteiger partial charge in [0.2, 0.25) is 10.0 Å². The van der Waals surface area contributed by atoms with Crippen molar-refractivity contribution in [2.24, 2.45) is 0 Å². The lowest BCUT2D eigenvalue weighted by Crippen LogP contribution is -2.47. The Balaban J connectivity index is 2.55. The van der Waals surface area contributed by atoms with E-state index in [2.05, 4.69) is 0 Å². The third-order valence-electron chi connectivity index (χ3n) is 4.13. The fourth-order valence-electron chi connectivity index (χ4n) is 3.21. The Kier molecular flexibility index (Phi) is 4.27. The Morgan fingerprint density at radius 2 is 1.75 bits per heavy atom. The van der Waals surface area contributed by atoms with E-state index in [0.29, 0.717) is 17.1 Å². The molecular formula is C14H23NO4S. The van der Waals surface area contributed by atoms with Crippen molar-refractivity contribution in [2.75, 3.05) is 0 Å². The first-order valence-electron chi connectivity index (χ1n) is 7.04. The molecule has 1 aromatic heterocycles. The van der Waals surface area contributed by atoms with Crippen LogP contribution in [0.3, 0.4) is 0 Å². The van der Waals surface area contributed by atoms with E-state index in [0.717, 1.165) is 19.3 Å². The molecule has 1 aliphatic heterocycles. The second-order valence-electron chi connectivity index (χ2n) is 5.64. The highest BCUT2D eigenvalue weighted by Crippen LogP contribution is 2.34. The number of sulfonamides is 1. The van der Waals surface area contributed by atoms with Gasteiger partial charge in [-0.1, -0.05) is 6.42 Å². The molecule has 0 unspecified atom stereocenters. The minimum absolute atomic E-state index is 0.0232. The molecule has 0 radical (unpaired) electrons. The van der Waals surface area contributed by atoms with E-state index in [1.807, 2.05) is 13.8 Å². The lowest BCUT2D eigenvalue weighted by atomic mass is 10.0. The highest BCUT2D eigenvalue weighted by molar-refractivity contribution is 7.89. The van der Waals surface area contributed by atoms with Crippen molar-refractivity contribution in [3.8, 4) is 0 Å². The van der Waals surface area contributed by atoms with Gasteiger partial charge < -0.3 is 9.52 Å². The van der Waals surface area contributed by atoms with Crippen LogP contribution in [0.1, 0.15) is 50.2 Å². The van der Waals surface area contributed by atoms with Crippen LogP contribution in [-0.2, 0) is 16.6 Å². The normalized spacial score (nSPS) is 25.1. The maximum Gasteiger partial charge on any atom is 0.247 e. The number of hydrogen-bond acceptors (Lipinski definition) is 4. The molecule has 0 aromatic carbocycles. The van der Waals surface area contributed by atoms with Crippen LogP contribution >= 0.6 is 0 Å². The van der Waals surface area contributed by atoms with Crippen LogP contribution in [0.5, 0.6) is 0 Å². The van der Waals surface area contributed by atoms with Crippen molar-refractivity contribution < 1.29 is 17.9 Å². The largest absolute Gasteiger partial charge is 0.465 e. The van der Waals surface area contributed by atoms with Crippen LogP contribution in [0, 0.1) is 13.8 Å². The topological polar surface area (TPSA) is 70.8 Å². The first-order valence-corrected chi connectivity index (χ1v) is 8.48. The van der Waals surface area contributed by atoms with Gasteiger partial charge in [-0.15, -0.1) is 0 Å². The van der Waals surface area contributed by atoms with E-state index < -0.39 is 10.0 Å². The summed E-state index contributed by atoms with van der Waals surface area (Å²) in [5.41, 5.74) is 0.382. The third-order valence-corrected chi connectivity index (χ3v) is 6.46. The molecule has 2 heterocycles. The van der Waals surface area contributed by atoms with Crippen LogP contribution in [0.15, 0.2) is 9.31 Å². The highest BCUT2D eigenvalue weighted by Gasteiger charge is 2.39. The summed E-state index contributed by atoms with van der Waals surface area (Å²) in [4.78, 5) is 0.151. The average molecular weight is 301 g/mol. The van der Waals surface area contributed by atoms with Crippen molar-refractivity contribution in [3.63, 3.8) is 0 Å². The molecule has 1 N–H and O–H groups in total. The number of nitrogens with zero attached hydrogens (tertiary/aromatic N) is 1. The summed E-state index contributed by atoms with van der Waals surface area (Å²) in [5, 5.41) is 9.46. The van der Waals surface area contributed by atoms with Gasteiger partial charge in [-0.05, 0) is 40.5 Å². The van der Waals surface area contributed by atoms with Crippen molar-refractivity contribution in [3.05, 3.63) is 17.1 Å². The van der Waals surface area contributed by atoms with Crippen LogP contribution < -0.4 is 0 Å². The Bertz CT molecular complexity index is 581. The van der Waals surface area contributed by atoms with Crippen molar-refractivity contribution >= 4 is 10.0 Å². The predicted octanol–water partition coefficient (Wildman–Crippen LogP) is 2.34. The van der Waals surface area contributed by atoms with Crippen LogP contribution in [0.4, 0.5) is 0 Å². The molecule has 6 heteroatoms. The van der Waals surface area contributed by atoms with Gasteiger partial charge in [0.15, 0.2) is 0 Å². The van der Waals surface area contributed by atoms with E-state index in [1.165, 1.54) is 0 Å². The van der Waals surface area contributed by atoms with Gasteiger partial charge in [-0.3, -0.25) is 0 Å². The minimum atomic E-state index is -3.63. The predicted molar refractivity (Wildman–Crippen MR) is 75.9 cm³/mol. The number of aryl methyl sites for hydroxylation is 2. The second kappa shape index (κ2) is 5.50. The van der Waals surface area contributed by atoms with Crippen LogP contribution in [0.25, 0.3) is 0 Å². The summed E-state index contributed by atoms with van der Waals surface area (Å²) in [6.07, 6.45) is 2.78. The second-order valence-corrected chi connectivity index (χ2v) is 7.42. The highest BCUT2D eigenvalue weighted by atomic mass is 32.2. The molecule has 1 aliphatic rings. The molecule has 0 saturated carbocycles. The zero-order chi connectivity index (χ0) is 15.1. The molecule has 1 saturated heterocycles. The van der Waals surface area contributed by atoms with Gasteiger partial charge in [-0.2, -0.15) is 4.31 Å². The zero-order valence-corrected chi connectivity index (χ0v) is 13.3. The number of piperidine rings is 1. The quantitative estimate of drug-likeness (QED) is 0.930. The fraction of sp³-hybridized carbons (Fsp3) is 0.714. The van der Waals surface area contributed by atoms with E-state index in [9.17, 15) is 13.5 Å². The van der Waals surface area contributed by atoms with Gasteiger partial charge in [0.05, 0.1) is 6.61 Å². The van der Waals surface area contributed by atoms with Crippen molar-refractivity contribution in [2.45, 2.75) is 70.5 Å². The van der Waals surface area contributed by atoms with E-state index in [4.69, 9.17) is 4.42 Å². The number of rotatable bonds is 3. The summed E-state index contributed by atoms with van der Waals surface area (Å²) in [7, 11) is -3.63. The summed E-state index contributed by atoms with van der Waals surface area (Å²) in [5.74, 6) is 0.831. The Hall–Kier alpha value is -0.850. The Labute approximate surface area is 120 Å². The first-order chi connectivity index (χ1) is 9.30. The maximum absolute atomic E-state index is 13.0. The summed E-state index contributed by atoms with van der Waals surface area (Å²) in [6.45, 7) is 6.87. The fourth-order valence-corrected chi connectivity index (χ4v) is 5.50. The molecule has 20 heavy (non-hydrogen) atoms. The van der Waals surface area contributed by atoms with E-state index in [1.54, 1.807) is 18.2 Å². The molecule has 2 atom stereocenters. The van der Waals surface area contributed by atoms with E-state index >= 15 is 0 Å². The molecule has 5 nitrogen and oxygen atoms in total. The minimum Gasteiger partial charge on any atom is -0.465 e. The molecule has 2 rings (SSSR count). The molecule has 0 amide bonds. The van der Waals surface area contributed by atoms with Gasteiger partial charge in [0.25, 0.3) is 0 Å². The maximum atomic E-state index is 13.0. The van der Waals surface area contributed by atoms with Gasteiger partial charge >= 0.3 is 0 Å². The molecule has 0 bridgehead atoms. The average Bonchev–Trinajstić information content (AvgIpc) is 2.63. The van der Waals surface area contributed by atoms with Gasteiger partial charge in [0, 0.05) is 17.6 Å². The van der Waals surface area contributed by atoms with Crippen molar-refractivity contribution in [1.29, 1.82) is 0 Å². The summed E-state index contributed by atoms with van der Waals surface area (Å²) >= 11 is 0. The van der Waals surface area contributed by atoms with Crippen LogP contribution in [0.2, 0.25) is 0 Å². The Morgan fingerprint density at radius 3 is 2.25 bits per heavy atom. The number of aliphatic hydroxyl groups excluding tert-OH is 1. The zero-order valence-electron chi connectivity index (χ0n) is 12.5. The smallest absolute Gasteiger partial charge is 0.247 e. The molecule has 0 spiro atoms. The molecule has 114 valence electrons. The first kappa shape index (κ1) is 15.5. The van der Waals surface area contributed by atoms with Crippen LogP contribution in [-0.4, -0.2) is 29.9 Å². The van der Waals surface area contributed by atoms with Crippen molar-refractivity contribution in [1.82, 2.24) is 4.31 Å². The standard InChI is InChI=1S/C14H23NO4S/c1-9-6-5-7-10(2)15(9)20(17,18)14-12(4)19-11(3)13(14)8-16/h9-10,16H,5-8H2,1-4H3/t9-,10+. The van der Waals surface area contributed by atoms with Gasteiger partial charge in [-0.25, -0.2) is 8.42 Å². The summed E-state index contributed by atoms with van der Waals surface area (Å²) < 4.78 is 32.9. The molecular weight excluding hydrogens is 278 g/mol. The summed E-state index contributed by atoms with van der Waals surface area (Å²) in [6, 6.07) is -0.0465. The number of hydrogen-bond donors (Lipinski definition) is 1. The third kappa shape index (κ3) is 2.40. The monoisotopic (exact) mass is 301 g/mol. The number of aliphatic hydroxyl groups is 1. The molecule has 1 fully saturated rings.